The first-order valence-corrected chi connectivity index (χ1v) is 6.27. The van der Waals surface area contributed by atoms with Crippen molar-refractivity contribution in [2.45, 2.75) is 38.8 Å². The van der Waals surface area contributed by atoms with Crippen LogP contribution in [-0.2, 0) is 11.3 Å². The van der Waals surface area contributed by atoms with E-state index < -0.39 is 0 Å². The molecule has 2 rings (SSSR count). The van der Waals surface area contributed by atoms with E-state index in [1.807, 2.05) is 13.8 Å². The van der Waals surface area contributed by atoms with Gasteiger partial charge in [0, 0.05) is 31.5 Å². The molecule has 2 heterocycles. The number of carbonyl (C=O) groups is 1. The van der Waals surface area contributed by atoms with Crippen LogP contribution < -0.4 is 11.1 Å². The number of carbonyl (C=O) groups excluding carboxylic acids is 1. The molecule has 1 saturated heterocycles. The molecule has 1 aromatic heterocycles. The summed E-state index contributed by atoms with van der Waals surface area (Å²) in [5, 5.41) is 7.19. The van der Waals surface area contributed by atoms with Crippen LogP contribution in [0.4, 0.5) is 5.69 Å². The maximum Gasteiger partial charge on any atom is 0.274 e. The van der Waals surface area contributed by atoms with Gasteiger partial charge in [0.2, 0.25) is 0 Å². The van der Waals surface area contributed by atoms with E-state index >= 15 is 0 Å². The van der Waals surface area contributed by atoms with E-state index in [0.29, 0.717) is 31.1 Å². The first kappa shape index (κ1) is 12.9. The number of nitrogen functional groups attached to an aromatic ring is 1. The highest BCUT2D eigenvalue weighted by Crippen LogP contribution is 2.21. The maximum atomic E-state index is 12.2. The van der Waals surface area contributed by atoms with Crippen LogP contribution in [0, 0.1) is 0 Å². The monoisotopic (exact) mass is 252 g/mol. The number of aromatic nitrogens is 2. The standard InChI is InChI=1S/C12H20N4O2/c1-3-16-8-9(13)10(15-16)11(17)14-12(2)4-6-18-7-5-12/h8H,3-7,13H2,1-2H3,(H,14,17). The average Bonchev–Trinajstić information content (AvgIpc) is 2.71. The minimum absolute atomic E-state index is 0.205. The molecule has 0 aromatic carbocycles. The van der Waals surface area contributed by atoms with Crippen molar-refractivity contribution in [1.29, 1.82) is 0 Å². The van der Waals surface area contributed by atoms with Crippen LogP contribution in [0.25, 0.3) is 0 Å². The summed E-state index contributed by atoms with van der Waals surface area (Å²) < 4.78 is 6.96. The predicted molar refractivity (Wildman–Crippen MR) is 68.2 cm³/mol. The van der Waals surface area contributed by atoms with Crippen LogP contribution in [0.5, 0.6) is 0 Å². The minimum Gasteiger partial charge on any atom is -0.396 e. The quantitative estimate of drug-likeness (QED) is 0.833. The van der Waals surface area contributed by atoms with E-state index in [9.17, 15) is 4.79 Å². The molecule has 6 heteroatoms. The fourth-order valence-corrected chi connectivity index (χ4v) is 2.06. The Kier molecular flexibility index (Phi) is 3.56. The zero-order valence-electron chi connectivity index (χ0n) is 10.9. The third-order valence-electron chi connectivity index (χ3n) is 3.34. The van der Waals surface area contributed by atoms with Crippen molar-refractivity contribution in [3.8, 4) is 0 Å². The Hall–Kier alpha value is -1.56. The summed E-state index contributed by atoms with van der Waals surface area (Å²) in [5.41, 5.74) is 6.30. The molecule has 3 N–H and O–H groups in total. The summed E-state index contributed by atoms with van der Waals surface area (Å²) in [4.78, 5) is 12.2. The van der Waals surface area contributed by atoms with Gasteiger partial charge in [0.15, 0.2) is 5.69 Å². The topological polar surface area (TPSA) is 82.2 Å². The second kappa shape index (κ2) is 4.97. The number of ether oxygens (including phenoxy) is 1. The van der Waals surface area contributed by atoms with Gasteiger partial charge < -0.3 is 15.8 Å². The van der Waals surface area contributed by atoms with E-state index in [1.54, 1.807) is 10.9 Å². The smallest absolute Gasteiger partial charge is 0.274 e. The summed E-state index contributed by atoms with van der Waals surface area (Å²) >= 11 is 0. The van der Waals surface area contributed by atoms with Crippen LogP contribution in [0.15, 0.2) is 6.20 Å². The van der Waals surface area contributed by atoms with E-state index in [0.717, 1.165) is 12.8 Å². The van der Waals surface area contributed by atoms with Crippen molar-refractivity contribution in [1.82, 2.24) is 15.1 Å². The maximum absolute atomic E-state index is 12.2. The van der Waals surface area contributed by atoms with E-state index in [2.05, 4.69) is 10.4 Å². The van der Waals surface area contributed by atoms with Gasteiger partial charge in [0.1, 0.15) is 0 Å². The highest BCUT2D eigenvalue weighted by atomic mass is 16.5. The third-order valence-corrected chi connectivity index (χ3v) is 3.34. The fourth-order valence-electron chi connectivity index (χ4n) is 2.06. The number of hydrogen-bond donors (Lipinski definition) is 2. The summed E-state index contributed by atoms with van der Waals surface area (Å²) in [7, 11) is 0. The van der Waals surface area contributed by atoms with Crippen molar-refractivity contribution in [2.24, 2.45) is 0 Å². The molecule has 100 valence electrons. The molecule has 0 radical (unpaired) electrons. The predicted octanol–water partition coefficient (Wildman–Crippen LogP) is 0.784. The minimum atomic E-state index is -0.224. The molecule has 0 bridgehead atoms. The number of nitrogens with two attached hydrogens (primary N) is 1. The summed E-state index contributed by atoms with van der Waals surface area (Å²) in [6.45, 7) is 6.03. The number of nitrogens with zero attached hydrogens (tertiary/aromatic N) is 2. The van der Waals surface area contributed by atoms with Gasteiger partial charge in [-0.1, -0.05) is 0 Å². The molecule has 0 spiro atoms. The highest BCUT2D eigenvalue weighted by Gasteiger charge is 2.30. The van der Waals surface area contributed by atoms with Gasteiger partial charge in [-0.3, -0.25) is 9.48 Å². The SMILES string of the molecule is CCn1cc(N)c(C(=O)NC2(C)CCOCC2)n1. The van der Waals surface area contributed by atoms with Gasteiger partial charge in [-0.2, -0.15) is 5.10 Å². The zero-order chi connectivity index (χ0) is 13.2. The van der Waals surface area contributed by atoms with Crippen LogP contribution in [0.1, 0.15) is 37.2 Å². The molecule has 0 saturated carbocycles. The second-order valence-electron chi connectivity index (χ2n) is 4.92. The number of nitrogens with one attached hydrogen (secondary N) is 1. The van der Waals surface area contributed by atoms with Crippen molar-refractivity contribution in [3.05, 3.63) is 11.9 Å². The number of aryl methyl sites for hydroxylation is 1. The molecular formula is C12H20N4O2. The van der Waals surface area contributed by atoms with Gasteiger partial charge in [-0.15, -0.1) is 0 Å². The molecule has 18 heavy (non-hydrogen) atoms. The summed E-state index contributed by atoms with van der Waals surface area (Å²) in [6, 6.07) is 0. The number of amides is 1. The number of anilines is 1. The molecule has 1 amide bonds. The van der Waals surface area contributed by atoms with Gasteiger partial charge in [0.25, 0.3) is 5.91 Å². The second-order valence-corrected chi connectivity index (χ2v) is 4.92. The molecule has 1 fully saturated rings. The van der Waals surface area contributed by atoms with Gasteiger partial charge in [0.05, 0.1) is 5.69 Å². The Morgan fingerprint density at radius 1 is 1.61 bits per heavy atom. The molecule has 0 atom stereocenters. The van der Waals surface area contributed by atoms with E-state index in [4.69, 9.17) is 10.5 Å². The summed E-state index contributed by atoms with van der Waals surface area (Å²) in [5.74, 6) is -0.205. The lowest BCUT2D eigenvalue weighted by Gasteiger charge is -2.34. The van der Waals surface area contributed by atoms with Crippen LogP contribution in [0.3, 0.4) is 0 Å². The molecular weight excluding hydrogens is 232 g/mol. The zero-order valence-corrected chi connectivity index (χ0v) is 10.9. The first-order chi connectivity index (χ1) is 8.54. The van der Waals surface area contributed by atoms with Crippen molar-refractivity contribution >= 4 is 11.6 Å². The lowest BCUT2D eigenvalue weighted by Crippen LogP contribution is -2.49. The van der Waals surface area contributed by atoms with Crippen molar-refractivity contribution in [2.75, 3.05) is 18.9 Å². The van der Waals surface area contributed by atoms with Crippen LogP contribution in [-0.4, -0.2) is 34.4 Å². The Bertz CT molecular complexity index is 435. The Morgan fingerprint density at radius 3 is 2.83 bits per heavy atom. The highest BCUT2D eigenvalue weighted by molar-refractivity contribution is 5.97. The van der Waals surface area contributed by atoms with Gasteiger partial charge in [-0.05, 0) is 26.7 Å². The molecule has 0 aliphatic carbocycles. The van der Waals surface area contributed by atoms with Crippen molar-refractivity contribution in [3.63, 3.8) is 0 Å². The van der Waals surface area contributed by atoms with E-state index in [1.165, 1.54) is 0 Å². The number of rotatable bonds is 3. The van der Waals surface area contributed by atoms with Crippen molar-refractivity contribution < 1.29 is 9.53 Å². The average molecular weight is 252 g/mol. The Balaban J connectivity index is 2.08. The fraction of sp³-hybridized carbons (Fsp3) is 0.667. The normalized spacial score (nSPS) is 18.6. The lowest BCUT2D eigenvalue weighted by molar-refractivity contribution is 0.0421. The van der Waals surface area contributed by atoms with Crippen LogP contribution in [0.2, 0.25) is 0 Å². The van der Waals surface area contributed by atoms with Gasteiger partial charge >= 0.3 is 0 Å². The summed E-state index contributed by atoms with van der Waals surface area (Å²) in [6.07, 6.45) is 3.31. The third kappa shape index (κ3) is 2.64. The molecule has 6 nitrogen and oxygen atoms in total. The molecule has 1 aliphatic heterocycles. The molecule has 1 aliphatic rings. The first-order valence-electron chi connectivity index (χ1n) is 6.27. The van der Waals surface area contributed by atoms with Gasteiger partial charge in [-0.25, -0.2) is 0 Å². The molecule has 0 unspecified atom stereocenters. The lowest BCUT2D eigenvalue weighted by atomic mass is 9.92. The largest absolute Gasteiger partial charge is 0.396 e. The Morgan fingerprint density at radius 2 is 2.28 bits per heavy atom. The Labute approximate surface area is 106 Å². The van der Waals surface area contributed by atoms with Crippen LogP contribution >= 0.6 is 0 Å². The number of hydrogen-bond acceptors (Lipinski definition) is 4. The van der Waals surface area contributed by atoms with E-state index in [-0.39, 0.29) is 11.4 Å². The molecule has 1 aromatic rings.